The molecule has 0 saturated carbocycles. The number of aryl methyl sites for hydroxylation is 4. The second-order valence-electron chi connectivity index (χ2n) is 5.89. The molecule has 23 heavy (non-hydrogen) atoms. The number of hydrogen-bond donors (Lipinski definition) is 1. The number of nitrogens with zero attached hydrogens (tertiary/aromatic N) is 2. The van der Waals surface area contributed by atoms with Gasteiger partial charge in [-0.15, -0.1) is 0 Å². The average Bonchev–Trinajstić information content (AvgIpc) is 2.48. The van der Waals surface area contributed by atoms with E-state index in [-0.39, 0.29) is 6.03 Å². The van der Waals surface area contributed by atoms with Crippen LogP contribution in [0.3, 0.4) is 0 Å². The summed E-state index contributed by atoms with van der Waals surface area (Å²) < 4.78 is 0. The maximum atomic E-state index is 12.2. The van der Waals surface area contributed by atoms with Gasteiger partial charge in [0.15, 0.2) is 0 Å². The first-order valence-corrected chi connectivity index (χ1v) is 7.59. The van der Waals surface area contributed by atoms with Crippen molar-refractivity contribution >= 4 is 23.7 Å². The summed E-state index contributed by atoms with van der Waals surface area (Å²) >= 11 is 0. The Labute approximate surface area is 137 Å². The minimum absolute atomic E-state index is 0.217. The number of benzene rings is 2. The first kappa shape index (κ1) is 16.7. The summed E-state index contributed by atoms with van der Waals surface area (Å²) in [5.41, 5.74) is 6.17. The Morgan fingerprint density at radius 1 is 1.00 bits per heavy atom. The fraction of sp³-hybridized carbons (Fsp3) is 0.263. The normalized spacial score (nSPS) is 10.8. The van der Waals surface area contributed by atoms with Crippen LogP contribution >= 0.6 is 0 Å². The molecule has 0 unspecified atom stereocenters. The van der Waals surface area contributed by atoms with Crippen LogP contribution in [-0.2, 0) is 0 Å². The standard InChI is InChI=1S/C19H23N3O/c1-13-6-8-17(15(3)10-13)20-12-22(5)19(23)21-18-9-7-14(2)11-16(18)4/h6-12H,1-5H3,(H,21,23). The summed E-state index contributed by atoms with van der Waals surface area (Å²) in [5.74, 6) is 0. The molecule has 0 bridgehead atoms. The molecule has 2 rings (SSSR count). The van der Waals surface area contributed by atoms with Crippen molar-refractivity contribution < 1.29 is 4.79 Å². The first-order chi connectivity index (χ1) is 10.9. The van der Waals surface area contributed by atoms with Gasteiger partial charge in [0.25, 0.3) is 0 Å². The first-order valence-electron chi connectivity index (χ1n) is 7.59. The van der Waals surface area contributed by atoms with Crippen molar-refractivity contribution in [1.82, 2.24) is 4.90 Å². The molecule has 0 atom stereocenters. The fourth-order valence-corrected chi connectivity index (χ4v) is 2.31. The Balaban J connectivity index is 2.06. The molecule has 0 fully saturated rings. The number of carbonyl (C=O) groups is 1. The lowest BCUT2D eigenvalue weighted by molar-refractivity contribution is 0.240. The predicted molar refractivity (Wildman–Crippen MR) is 96.8 cm³/mol. The second kappa shape index (κ2) is 7.09. The maximum Gasteiger partial charge on any atom is 0.326 e. The Morgan fingerprint density at radius 2 is 1.61 bits per heavy atom. The van der Waals surface area contributed by atoms with E-state index in [1.807, 2.05) is 58.0 Å². The van der Waals surface area contributed by atoms with Crippen LogP contribution in [0.4, 0.5) is 16.2 Å². The molecule has 120 valence electrons. The summed E-state index contributed by atoms with van der Waals surface area (Å²) in [4.78, 5) is 18.1. The molecule has 0 heterocycles. The topological polar surface area (TPSA) is 44.7 Å². The van der Waals surface area contributed by atoms with E-state index in [9.17, 15) is 4.79 Å². The maximum absolute atomic E-state index is 12.2. The van der Waals surface area contributed by atoms with Crippen LogP contribution in [-0.4, -0.2) is 24.3 Å². The van der Waals surface area contributed by atoms with Crippen molar-refractivity contribution in [2.75, 3.05) is 12.4 Å². The van der Waals surface area contributed by atoms with Crippen LogP contribution in [0.25, 0.3) is 0 Å². The molecule has 0 spiro atoms. The van der Waals surface area contributed by atoms with Crippen LogP contribution in [0, 0.1) is 27.7 Å². The Bertz CT molecular complexity index is 750. The predicted octanol–water partition coefficient (Wildman–Crippen LogP) is 4.74. The lowest BCUT2D eigenvalue weighted by Gasteiger charge is -2.14. The highest BCUT2D eigenvalue weighted by Crippen LogP contribution is 2.19. The second-order valence-corrected chi connectivity index (χ2v) is 5.89. The summed E-state index contributed by atoms with van der Waals surface area (Å²) in [6, 6.07) is 11.8. The lowest BCUT2D eigenvalue weighted by atomic mass is 10.1. The van der Waals surface area contributed by atoms with Crippen molar-refractivity contribution in [3.05, 3.63) is 58.7 Å². The molecule has 0 aliphatic carbocycles. The van der Waals surface area contributed by atoms with Crippen LogP contribution in [0.2, 0.25) is 0 Å². The summed E-state index contributed by atoms with van der Waals surface area (Å²) in [5, 5.41) is 2.89. The van der Waals surface area contributed by atoms with Gasteiger partial charge in [-0.05, 0) is 51.0 Å². The van der Waals surface area contributed by atoms with Gasteiger partial charge in [0, 0.05) is 12.7 Å². The van der Waals surface area contributed by atoms with E-state index in [1.165, 1.54) is 22.4 Å². The van der Waals surface area contributed by atoms with Gasteiger partial charge in [-0.3, -0.25) is 4.90 Å². The zero-order chi connectivity index (χ0) is 17.0. The molecule has 0 aliphatic rings. The van der Waals surface area contributed by atoms with Gasteiger partial charge < -0.3 is 5.32 Å². The molecule has 0 aliphatic heterocycles. The van der Waals surface area contributed by atoms with Crippen molar-refractivity contribution in [3.63, 3.8) is 0 Å². The highest BCUT2D eigenvalue weighted by atomic mass is 16.2. The van der Waals surface area contributed by atoms with Gasteiger partial charge in [-0.2, -0.15) is 0 Å². The summed E-state index contributed by atoms with van der Waals surface area (Å²) in [6.45, 7) is 8.06. The number of aliphatic imine (C=N–C) groups is 1. The number of nitrogens with one attached hydrogen (secondary N) is 1. The van der Waals surface area contributed by atoms with Gasteiger partial charge in [-0.25, -0.2) is 9.79 Å². The zero-order valence-corrected chi connectivity index (χ0v) is 14.3. The van der Waals surface area contributed by atoms with Crippen LogP contribution in [0.5, 0.6) is 0 Å². The summed E-state index contributed by atoms with van der Waals surface area (Å²) in [6.07, 6.45) is 1.54. The number of urea groups is 1. The van der Waals surface area contributed by atoms with Crippen LogP contribution < -0.4 is 5.32 Å². The third-order valence-electron chi connectivity index (χ3n) is 3.67. The van der Waals surface area contributed by atoms with E-state index >= 15 is 0 Å². The van der Waals surface area contributed by atoms with Crippen molar-refractivity contribution in [1.29, 1.82) is 0 Å². The molecule has 4 nitrogen and oxygen atoms in total. The monoisotopic (exact) mass is 309 g/mol. The fourth-order valence-electron chi connectivity index (χ4n) is 2.31. The number of hydrogen-bond acceptors (Lipinski definition) is 2. The van der Waals surface area contributed by atoms with E-state index in [0.717, 1.165) is 22.5 Å². The Kier molecular flexibility index (Phi) is 5.16. The lowest BCUT2D eigenvalue weighted by Crippen LogP contribution is -2.30. The average molecular weight is 309 g/mol. The van der Waals surface area contributed by atoms with E-state index in [0.29, 0.717) is 0 Å². The third kappa shape index (κ3) is 4.42. The van der Waals surface area contributed by atoms with Crippen molar-refractivity contribution in [2.24, 2.45) is 4.99 Å². The molecule has 0 aromatic heterocycles. The quantitative estimate of drug-likeness (QED) is 0.645. The minimum atomic E-state index is -0.217. The minimum Gasteiger partial charge on any atom is -0.307 e. The Morgan fingerprint density at radius 3 is 2.22 bits per heavy atom. The van der Waals surface area contributed by atoms with Gasteiger partial charge in [0.2, 0.25) is 0 Å². The zero-order valence-electron chi connectivity index (χ0n) is 14.3. The van der Waals surface area contributed by atoms with Gasteiger partial charge in [0.1, 0.15) is 0 Å². The van der Waals surface area contributed by atoms with Gasteiger partial charge in [-0.1, -0.05) is 35.4 Å². The van der Waals surface area contributed by atoms with E-state index in [4.69, 9.17) is 0 Å². The van der Waals surface area contributed by atoms with Gasteiger partial charge in [0.05, 0.1) is 12.0 Å². The molecular weight excluding hydrogens is 286 g/mol. The molecule has 4 heteroatoms. The molecule has 1 N–H and O–H groups in total. The summed E-state index contributed by atoms with van der Waals surface area (Å²) in [7, 11) is 1.69. The van der Waals surface area contributed by atoms with E-state index < -0.39 is 0 Å². The largest absolute Gasteiger partial charge is 0.326 e. The van der Waals surface area contributed by atoms with Crippen LogP contribution in [0.1, 0.15) is 22.3 Å². The highest BCUT2D eigenvalue weighted by Gasteiger charge is 2.08. The molecule has 2 aromatic rings. The molecular formula is C19H23N3O. The highest BCUT2D eigenvalue weighted by molar-refractivity contribution is 5.97. The van der Waals surface area contributed by atoms with E-state index in [1.54, 1.807) is 7.05 Å². The number of amides is 2. The van der Waals surface area contributed by atoms with Crippen molar-refractivity contribution in [3.8, 4) is 0 Å². The number of carbonyl (C=O) groups excluding carboxylic acids is 1. The van der Waals surface area contributed by atoms with Crippen LogP contribution in [0.15, 0.2) is 41.4 Å². The van der Waals surface area contributed by atoms with Gasteiger partial charge >= 0.3 is 6.03 Å². The van der Waals surface area contributed by atoms with Crippen molar-refractivity contribution in [2.45, 2.75) is 27.7 Å². The molecule has 0 saturated heterocycles. The van der Waals surface area contributed by atoms with E-state index in [2.05, 4.69) is 16.4 Å². The third-order valence-corrected chi connectivity index (χ3v) is 3.67. The molecule has 2 aromatic carbocycles. The smallest absolute Gasteiger partial charge is 0.307 e. The molecule has 2 amide bonds. The number of rotatable bonds is 3. The number of anilines is 1. The molecule has 0 radical (unpaired) electrons. The SMILES string of the molecule is Cc1ccc(N=CN(C)C(=O)Nc2ccc(C)cc2C)c(C)c1. The Hall–Kier alpha value is -2.62.